The molecule has 4 aliphatic rings. The molecule has 2 fully saturated rings. The van der Waals surface area contributed by atoms with Crippen molar-refractivity contribution in [2.75, 3.05) is 19.7 Å². The summed E-state index contributed by atoms with van der Waals surface area (Å²) in [7, 11) is 0. The van der Waals surface area contributed by atoms with Crippen LogP contribution in [0.4, 0.5) is 0 Å². The Bertz CT molecular complexity index is 1010. The molecule has 1 aromatic carbocycles. The Balaban J connectivity index is 1.17. The monoisotopic (exact) mass is 456 g/mol. The zero-order chi connectivity index (χ0) is 23.3. The highest BCUT2D eigenvalue weighted by Gasteiger charge is 2.49. The van der Waals surface area contributed by atoms with Crippen molar-refractivity contribution in [3.05, 3.63) is 45.7 Å². The number of esters is 2. The van der Waals surface area contributed by atoms with Crippen LogP contribution in [0.25, 0.3) is 0 Å². The van der Waals surface area contributed by atoms with Gasteiger partial charge in [-0.05, 0) is 63.1 Å². The van der Waals surface area contributed by atoms with E-state index in [1.165, 1.54) is 0 Å². The van der Waals surface area contributed by atoms with E-state index < -0.39 is 12.3 Å². The summed E-state index contributed by atoms with van der Waals surface area (Å²) in [4.78, 5) is 25.4. The van der Waals surface area contributed by atoms with Gasteiger partial charge >= 0.3 is 11.9 Å². The fourth-order valence-corrected chi connectivity index (χ4v) is 6.00. The maximum absolute atomic E-state index is 11.7. The molecule has 1 aliphatic carbocycles. The van der Waals surface area contributed by atoms with Crippen molar-refractivity contribution < 1.29 is 29.3 Å². The van der Waals surface area contributed by atoms with Crippen LogP contribution in [0, 0.1) is 12.3 Å². The van der Waals surface area contributed by atoms with Crippen molar-refractivity contribution in [2.45, 2.75) is 70.9 Å². The lowest BCUT2D eigenvalue weighted by atomic mass is 9.70. The van der Waals surface area contributed by atoms with E-state index in [1.54, 1.807) is 13.0 Å². The van der Waals surface area contributed by atoms with E-state index >= 15 is 0 Å². The minimum atomic E-state index is -0.663. The van der Waals surface area contributed by atoms with Gasteiger partial charge in [0.15, 0.2) is 0 Å². The van der Waals surface area contributed by atoms with Crippen LogP contribution in [0.2, 0.25) is 0 Å². The number of aliphatic hydroxyl groups is 2. The number of cyclic esters (lactones) is 2. The average molecular weight is 457 g/mol. The molecule has 0 radical (unpaired) electrons. The lowest BCUT2D eigenvalue weighted by molar-refractivity contribution is -0.136. The summed E-state index contributed by atoms with van der Waals surface area (Å²) in [6, 6.07) is 3.85. The maximum atomic E-state index is 11.7. The van der Waals surface area contributed by atoms with Gasteiger partial charge in [-0.1, -0.05) is 6.07 Å². The number of carbonyl (C=O) groups excluding carboxylic acids is 2. The Morgan fingerprint density at radius 2 is 1.85 bits per heavy atom. The minimum Gasteiger partial charge on any atom is -0.457 e. The van der Waals surface area contributed by atoms with Gasteiger partial charge in [0.25, 0.3) is 0 Å². The first-order valence-electron chi connectivity index (χ1n) is 11.8. The van der Waals surface area contributed by atoms with Gasteiger partial charge in [0.05, 0.1) is 22.9 Å². The van der Waals surface area contributed by atoms with Crippen molar-refractivity contribution >= 4 is 11.9 Å². The number of nitrogens with zero attached hydrogens (tertiary/aromatic N) is 1. The number of benzene rings is 1. The van der Waals surface area contributed by atoms with Gasteiger partial charge in [0, 0.05) is 30.1 Å². The molecule has 0 bridgehead atoms. The zero-order valence-corrected chi connectivity index (χ0v) is 19.2. The third kappa shape index (κ3) is 3.74. The summed E-state index contributed by atoms with van der Waals surface area (Å²) < 4.78 is 10.3. The molecule has 0 amide bonds. The predicted octanol–water partition coefficient (Wildman–Crippen LogP) is 2.07. The number of carbonyl (C=O) groups is 2. The van der Waals surface area contributed by atoms with Crippen LogP contribution in [0.15, 0.2) is 23.4 Å². The zero-order valence-electron chi connectivity index (χ0n) is 19.2. The molecule has 8 heteroatoms. The molecule has 1 spiro atoms. The van der Waals surface area contributed by atoms with Crippen LogP contribution in [0.1, 0.15) is 72.2 Å². The molecule has 33 heavy (non-hydrogen) atoms. The average Bonchev–Trinajstić information content (AvgIpc) is 3.45. The van der Waals surface area contributed by atoms with Crippen LogP contribution in [0.5, 0.6) is 0 Å². The van der Waals surface area contributed by atoms with Crippen molar-refractivity contribution in [3.8, 4) is 0 Å². The fourth-order valence-electron chi connectivity index (χ4n) is 6.00. The Morgan fingerprint density at radius 3 is 2.55 bits per heavy atom. The molecule has 178 valence electrons. The third-order valence-electron chi connectivity index (χ3n) is 8.27. The number of ether oxygens (including phenoxy) is 2. The molecule has 3 N–H and O–H groups in total. The number of likely N-dealkylation sites (tertiary alicyclic amines) is 1. The Morgan fingerprint density at radius 1 is 1.12 bits per heavy atom. The molecular formula is C25H32N2O6. The molecule has 1 saturated carbocycles. The SMILES string of the molecule is CC1=C(N2CC[C@]3(CC[C@H](NC[C@H](O)c4ccc5c(c4C)COC5=O)CC3)C2O)COC1=O. The molecule has 1 unspecified atom stereocenters. The van der Waals surface area contributed by atoms with Gasteiger partial charge in [0.2, 0.25) is 0 Å². The fraction of sp³-hybridized carbons (Fsp3) is 0.600. The summed E-state index contributed by atoms with van der Waals surface area (Å²) in [6.07, 6.45) is 3.30. The first-order chi connectivity index (χ1) is 15.8. The molecular weight excluding hydrogens is 424 g/mol. The van der Waals surface area contributed by atoms with E-state index in [4.69, 9.17) is 9.47 Å². The molecule has 5 rings (SSSR count). The van der Waals surface area contributed by atoms with Crippen molar-refractivity contribution in [1.29, 1.82) is 0 Å². The Labute approximate surface area is 193 Å². The van der Waals surface area contributed by atoms with Crippen molar-refractivity contribution in [2.24, 2.45) is 5.41 Å². The largest absolute Gasteiger partial charge is 0.457 e. The van der Waals surface area contributed by atoms with Gasteiger partial charge in [0.1, 0.15) is 19.4 Å². The molecule has 1 saturated heterocycles. The summed E-state index contributed by atoms with van der Waals surface area (Å²) in [5.41, 5.74) is 4.49. The molecule has 3 aliphatic heterocycles. The lowest BCUT2D eigenvalue weighted by Gasteiger charge is -2.41. The lowest BCUT2D eigenvalue weighted by Crippen LogP contribution is -2.45. The minimum absolute atomic E-state index is 0.154. The highest BCUT2D eigenvalue weighted by Crippen LogP contribution is 2.49. The van der Waals surface area contributed by atoms with Crippen LogP contribution in [-0.4, -0.2) is 59.0 Å². The Hall–Kier alpha value is -2.42. The number of hydrogen-bond donors (Lipinski definition) is 3. The van der Waals surface area contributed by atoms with E-state index in [0.717, 1.165) is 61.0 Å². The number of rotatable bonds is 5. The number of hydrogen-bond acceptors (Lipinski definition) is 8. The number of fused-ring (bicyclic) bond motifs is 1. The van der Waals surface area contributed by atoms with Crippen LogP contribution >= 0.6 is 0 Å². The summed E-state index contributed by atoms with van der Waals surface area (Å²) in [5, 5.41) is 25.4. The van der Waals surface area contributed by atoms with Crippen LogP contribution in [-0.2, 0) is 20.9 Å². The quantitative estimate of drug-likeness (QED) is 0.578. The van der Waals surface area contributed by atoms with Crippen LogP contribution in [0.3, 0.4) is 0 Å². The predicted molar refractivity (Wildman–Crippen MR) is 119 cm³/mol. The second-order valence-electron chi connectivity index (χ2n) is 9.91. The first kappa shape index (κ1) is 22.4. The first-order valence-corrected chi connectivity index (χ1v) is 11.8. The molecule has 8 nitrogen and oxygen atoms in total. The second-order valence-corrected chi connectivity index (χ2v) is 9.91. The van der Waals surface area contributed by atoms with Gasteiger partial charge in [-0.2, -0.15) is 0 Å². The third-order valence-corrected chi connectivity index (χ3v) is 8.27. The van der Waals surface area contributed by atoms with Gasteiger partial charge < -0.3 is 29.9 Å². The van der Waals surface area contributed by atoms with E-state index in [-0.39, 0.29) is 36.6 Å². The maximum Gasteiger partial charge on any atom is 0.338 e. The number of nitrogens with one attached hydrogen (secondary N) is 1. The van der Waals surface area contributed by atoms with Crippen LogP contribution < -0.4 is 5.32 Å². The molecule has 2 atom stereocenters. The Kier molecular flexibility index (Phi) is 5.71. The van der Waals surface area contributed by atoms with Gasteiger partial charge in [-0.25, -0.2) is 9.59 Å². The van der Waals surface area contributed by atoms with E-state index in [9.17, 15) is 19.8 Å². The highest BCUT2D eigenvalue weighted by molar-refractivity contribution is 5.94. The van der Waals surface area contributed by atoms with Gasteiger partial charge in [-0.3, -0.25) is 0 Å². The van der Waals surface area contributed by atoms with Gasteiger partial charge in [-0.15, -0.1) is 0 Å². The highest BCUT2D eigenvalue weighted by atomic mass is 16.5. The smallest absolute Gasteiger partial charge is 0.338 e. The molecule has 0 aromatic heterocycles. The van der Waals surface area contributed by atoms with E-state index in [1.807, 2.05) is 17.9 Å². The number of aliphatic hydroxyl groups excluding tert-OH is 2. The summed E-state index contributed by atoms with van der Waals surface area (Å²) in [6.45, 7) is 5.40. The van der Waals surface area contributed by atoms with E-state index in [2.05, 4.69) is 5.32 Å². The second kappa shape index (κ2) is 8.42. The van der Waals surface area contributed by atoms with Crippen molar-refractivity contribution in [3.63, 3.8) is 0 Å². The summed E-state index contributed by atoms with van der Waals surface area (Å²) in [5.74, 6) is -0.586. The summed E-state index contributed by atoms with van der Waals surface area (Å²) >= 11 is 0. The van der Waals surface area contributed by atoms with Crippen molar-refractivity contribution in [1.82, 2.24) is 10.2 Å². The molecule has 1 aromatic rings. The van der Waals surface area contributed by atoms with E-state index in [0.29, 0.717) is 17.7 Å². The normalized spacial score (nSPS) is 30.1. The standard InChI is InChI=1S/C25H32N2O6/c1-14-17(3-4-18-19(14)12-32-23(18)30)21(28)11-26-16-5-7-25(8-6-16)9-10-27(24(25)31)20-13-33-22(29)15(20)2/h3-4,16,21,24,26,28,31H,5-13H2,1-2H3/t16-,21-,24?,25+/m0/s1. The topological polar surface area (TPSA) is 108 Å². The molecule has 3 heterocycles.